The minimum absolute atomic E-state index is 0.0226. The molecule has 16 heavy (non-hydrogen) atoms. The van der Waals surface area contributed by atoms with E-state index in [9.17, 15) is 4.79 Å². The summed E-state index contributed by atoms with van der Waals surface area (Å²) in [5.41, 5.74) is 2.75. The molecule has 0 N–H and O–H groups in total. The van der Waals surface area contributed by atoms with Gasteiger partial charge in [-0.15, -0.1) is 11.6 Å². The van der Waals surface area contributed by atoms with Crippen LogP contribution < -0.4 is 0 Å². The van der Waals surface area contributed by atoms with Gasteiger partial charge in [0.1, 0.15) is 0 Å². The fourth-order valence-corrected chi connectivity index (χ4v) is 2.27. The number of Topliss-reactive ketones (excluding diaryl/α,β-unsaturated/α-hetero) is 1. The zero-order valence-corrected chi connectivity index (χ0v) is 11.0. The third-order valence-corrected chi connectivity index (χ3v) is 3.00. The number of aromatic nitrogens is 1. The summed E-state index contributed by atoms with van der Waals surface area (Å²) in [4.78, 5) is 11.6. The van der Waals surface area contributed by atoms with Gasteiger partial charge in [-0.3, -0.25) is 4.79 Å². The molecule has 1 heterocycles. The summed E-state index contributed by atoms with van der Waals surface area (Å²) in [5, 5.41) is 0. The molecule has 0 aliphatic heterocycles. The van der Waals surface area contributed by atoms with E-state index in [2.05, 4.69) is 11.5 Å². The average molecular weight is 244 g/mol. The van der Waals surface area contributed by atoms with Gasteiger partial charge in [-0.05, 0) is 26.8 Å². The molecule has 0 unspecified atom stereocenters. The van der Waals surface area contributed by atoms with Gasteiger partial charge in [-0.2, -0.15) is 0 Å². The topological polar surface area (TPSA) is 31.2 Å². The van der Waals surface area contributed by atoms with E-state index < -0.39 is 0 Å². The summed E-state index contributed by atoms with van der Waals surface area (Å²) in [5.74, 6) is 0.00814. The number of alkyl halides is 1. The summed E-state index contributed by atoms with van der Waals surface area (Å²) < 4.78 is 7.25. The van der Waals surface area contributed by atoms with E-state index in [1.807, 2.05) is 19.9 Å². The summed E-state index contributed by atoms with van der Waals surface area (Å²) >= 11 is 5.58. The fraction of sp³-hybridized carbons (Fsp3) is 0.583. The molecular formula is C12H18ClNO2. The Balaban J connectivity index is 3.11. The number of ketones is 1. The SMILES string of the molecule is COC[C@@H](C)n1c(C)cc(C(=O)CCl)c1C. The molecule has 0 bridgehead atoms. The molecule has 0 aliphatic rings. The standard InChI is InChI=1S/C12H18ClNO2/c1-8-5-11(12(15)6-13)10(3)14(8)9(2)7-16-4/h5,9H,6-7H2,1-4H3/t9-/m1/s1. The Hall–Kier alpha value is -0.800. The van der Waals surface area contributed by atoms with Crippen LogP contribution in [0, 0.1) is 13.8 Å². The largest absolute Gasteiger partial charge is 0.383 e. The molecule has 3 nitrogen and oxygen atoms in total. The van der Waals surface area contributed by atoms with Crippen LogP contribution in [0.2, 0.25) is 0 Å². The number of hydrogen-bond donors (Lipinski definition) is 0. The zero-order valence-electron chi connectivity index (χ0n) is 10.2. The molecule has 0 fully saturated rings. The first-order chi connectivity index (χ1) is 7.52. The Labute approximate surface area is 101 Å². The van der Waals surface area contributed by atoms with Crippen molar-refractivity contribution < 1.29 is 9.53 Å². The highest BCUT2D eigenvalue weighted by molar-refractivity contribution is 6.30. The maximum absolute atomic E-state index is 11.6. The summed E-state index contributed by atoms with van der Waals surface area (Å²) in [6, 6.07) is 2.12. The van der Waals surface area contributed by atoms with E-state index in [0.29, 0.717) is 6.61 Å². The molecule has 0 saturated heterocycles. The van der Waals surface area contributed by atoms with Crippen LogP contribution in [-0.2, 0) is 4.74 Å². The van der Waals surface area contributed by atoms with E-state index in [1.54, 1.807) is 7.11 Å². The van der Waals surface area contributed by atoms with Crippen LogP contribution in [0.1, 0.15) is 34.7 Å². The van der Waals surface area contributed by atoms with Crippen molar-refractivity contribution in [3.8, 4) is 0 Å². The van der Waals surface area contributed by atoms with Gasteiger partial charge in [0.2, 0.25) is 0 Å². The van der Waals surface area contributed by atoms with Gasteiger partial charge in [0.15, 0.2) is 5.78 Å². The lowest BCUT2D eigenvalue weighted by Crippen LogP contribution is -2.14. The summed E-state index contributed by atoms with van der Waals surface area (Å²) in [7, 11) is 1.68. The molecule has 4 heteroatoms. The highest BCUT2D eigenvalue weighted by Crippen LogP contribution is 2.21. The normalized spacial score (nSPS) is 12.8. The number of ether oxygens (including phenoxy) is 1. The second-order valence-electron chi connectivity index (χ2n) is 4.02. The first-order valence-corrected chi connectivity index (χ1v) is 5.82. The van der Waals surface area contributed by atoms with Crippen LogP contribution in [0.4, 0.5) is 0 Å². The molecular weight excluding hydrogens is 226 g/mol. The molecule has 90 valence electrons. The van der Waals surface area contributed by atoms with Crippen molar-refractivity contribution in [3.05, 3.63) is 23.0 Å². The molecule has 0 amide bonds. The van der Waals surface area contributed by atoms with Gasteiger partial charge in [0.05, 0.1) is 18.5 Å². The highest BCUT2D eigenvalue weighted by Gasteiger charge is 2.17. The van der Waals surface area contributed by atoms with Crippen LogP contribution in [0.3, 0.4) is 0 Å². The van der Waals surface area contributed by atoms with Crippen molar-refractivity contribution in [1.29, 1.82) is 0 Å². The Morgan fingerprint density at radius 1 is 1.56 bits per heavy atom. The second-order valence-corrected chi connectivity index (χ2v) is 4.28. The smallest absolute Gasteiger partial charge is 0.179 e. The maximum Gasteiger partial charge on any atom is 0.179 e. The Bertz CT molecular complexity index is 385. The van der Waals surface area contributed by atoms with Crippen LogP contribution in [0.5, 0.6) is 0 Å². The minimum Gasteiger partial charge on any atom is -0.383 e. The van der Waals surface area contributed by atoms with E-state index in [0.717, 1.165) is 17.0 Å². The summed E-state index contributed by atoms with van der Waals surface area (Å²) in [6.45, 7) is 6.63. The van der Waals surface area contributed by atoms with Gasteiger partial charge in [0.25, 0.3) is 0 Å². The average Bonchev–Trinajstić information content (AvgIpc) is 2.53. The van der Waals surface area contributed by atoms with Crippen molar-refractivity contribution >= 4 is 17.4 Å². The number of nitrogens with zero attached hydrogens (tertiary/aromatic N) is 1. The first kappa shape index (κ1) is 13.3. The predicted molar refractivity (Wildman–Crippen MR) is 65.5 cm³/mol. The predicted octanol–water partition coefficient (Wildman–Crippen LogP) is 2.73. The maximum atomic E-state index is 11.6. The molecule has 1 atom stereocenters. The van der Waals surface area contributed by atoms with Gasteiger partial charge in [-0.25, -0.2) is 0 Å². The Morgan fingerprint density at radius 3 is 2.69 bits per heavy atom. The molecule has 0 aromatic carbocycles. The number of methoxy groups -OCH3 is 1. The van der Waals surface area contributed by atoms with E-state index in [4.69, 9.17) is 16.3 Å². The quantitative estimate of drug-likeness (QED) is 0.588. The fourth-order valence-electron chi connectivity index (χ4n) is 2.13. The monoisotopic (exact) mass is 243 g/mol. The number of carbonyl (C=O) groups excluding carboxylic acids is 1. The summed E-state index contributed by atoms with van der Waals surface area (Å²) in [6.07, 6.45) is 0. The van der Waals surface area contributed by atoms with Crippen molar-refractivity contribution in [3.63, 3.8) is 0 Å². The zero-order chi connectivity index (χ0) is 12.3. The lowest BCUT2D eigenvalue weighted by Gasteiger charge is -2.17. The van der Waals surface area contributed by atoms with Crippen molar-refractivity contribution in [2.45, 2.75) is 26.8 Å². The van der Waals surface area contributed by atoms with E-state index in [1.165, 1.54) is 0 Å². The highest BCUT2D eigenvalue weighted by atomic mass is 35.5. The molecule has 1 rings (SSSR count). The number of halogens is 1. The number of aryl methyl sites for hydroxylation is 1. The van der Waals surface area contributed by atoms with Crippen LogP contribution in [-0.4, -0.2) is 29.9 Å². The van der Waals surface area contributed by atoms with Crippen molar-refractivity contribution in [2.24, 2.45) is 0 Å². The van der Waals surface area contributed by atoms with E-state index >= 15 is 0 Å². The van der Waals surface area contributed by atoms with Gasteiger partial charge >= 0.3 is 0 Å². The van der Waals surface area contributed by atoms with Gasteiger partial charge in [-0.1, -0.05) is 0 Å². The molecule has 0 saturated carbocycles. The van der Waals surface area contributed by atoms with Gasteiger partial charge in [0, 0.05) is 24.1 Å². The van der Waals surface area contributed by atoms with Crippen molar-refractivity contribution in [2.75, 3.05) is 19.6 Å². The lowest BCUT2D eigenvalue weighted by atomic mass is 10.2. The number of rotatable bonds is 5. The Morgan fingerprint density at radius 2 is 2.19 bits per heavy atom. The van der Waals surface area contributed by atoms with E-state index in [-0.39, 0.29) is 17.7 Å². The molecule has 0 aliphatic carbocycles. The lowest BCUT2D eigenvalue weighted by molar-refractivity contribution is 0.102. The molecule has 0 radical (unpaired) electrons. The molecule has 1 aromatic rings. The Kier molecular flexibility index (Phi) is 4.56. The molecule has 0 spiro atoms. The number of carbonyl (C=O) groups is 1. The van der Waals surface area contributed by atoms with Crippen LogP contribution >= 0.6 is 11.6 Å². The minimum atomic E-state index is -0.0226. The third kappa shape index (κ3) is 2.47. The molecule has 1 aromatic heterocycles. The third-order valence-electron chi connectivity index (χ3n) is 2.75. The number of hydrogen-bond acceptors (Lipinski definition) is 2. The second kappa shape index (κ2) is 5.51. The van der Waals surface area contributed by atoms with Crippen molar-refractivity contribution in [1.82, 2.24) is 4.57 Å². The van der Waals surface area contributed by atoms with Gasteiger partial charge < -0.3 is 9.30 Å². The first-order valence-electron chi connectivity index (χ1n) is 5.29. The van der Waals surface area contributed by atoms with Crippen LogP contribution in [0.25, 0.3) is 0 Å². The van der Waals surface area contributed by atoms with Crippen LogP contribution in [0.15, 0.2) is 6.07 Å².